The van der Waals surface area contributed by atoms with Gasteiger partial charge in [-0.1, -0.05) is 0 Å². The van der Waals surface area contributed by atoms with Crippen LogP contribution in [-0.2, 0) is 19.6 Å². The molecule has 4 rings (SSSR count). The number of benzene rings is 1. The van der Waals surface area contributed by atoms with Gasteiger partial charge in [-0.2, -0.15) is 0 Å². The molecule has 3 aromatic heterocycles. The molecule has 0 bridgehead atoms. The van der Waals surface area contributed by atoms with Crippen LogP contribution in [0.1, 0.15) is 48.4 Å². The number of rotatable bonds is 9. The Morgan fingerprint density at radius 3 is 1.09 bits per heavy atom. The van der Waals surface area contributed by atoms with Crippen LogP contribution in [0.3, 0.4) is 0 Å². The summed E-state index contributed by atoms with van der Waals surface area (Å²) in [7, 11) is 0. The van der Waals surface area contributed by atoms with Gasteiger partial charge in [-0.05, 0) is 54.6 Å². The Morgan fingerprint density at radius 2 is 0.848 bits per heavy atom. The molecule has 0 fully saturated rings. The van der Waals surface area contributed by atoms with Gasteiger partial charge in [-0.3, -0.25) is 14.4 Å². The van der Waals surface area contributed by atoms with E-state index in [0.717, 1.165) is 0 Å². The molecule has 3 amide bonds. The molecule has 0 atom stereocenters. The van der Waals surface area contributed by atoms with Crippen molar-refractivity contribution in [3.05, 3.63) is 107 Å². The van der Waals surface area contributed by atoms with Gasteiger partial charge in [-0.15, -0.1) is 0 Å². The van der Waals surface area contributed by atoms with E-state index in [2.05, 4.69) is 16.0 Å². The van der Waals surface area contributed by atoms with Gasteiger partial charge in [0.2, 0.25) is 0 Å². The lowest BCUT2D eigenvalue weighted by Crippen LogP contribution is -2.28. The van der Waals surface area contributed by atoms with Crippen molar-refractivity contribution >= 4 is 17.7 Å². The standard InChI is InChI=1S/C24H21N3O6/c28-22(25-13-19-4-1-7-31-19)16-10-17(23(29)26-14-20-5-2-8-32-20)12-18(11-16)24(30)27-15-21-6-3-9-33-21/h1-12H,13-15H2,(H,25,28)(H,26,29)(H,27,30). The van der Waals surface area contributed by atoms with Crippen molar-refractivity contribution in [1.29, 1.82) is 0 Å². The van der Waals surface area contributed by atoms with Crippen LogP contribution in [0.15, 0.2) is 86.6 Å². The van der Waals surface area contributed by atoms with E-state index >= 15 is 0 Å². The number of hydrogen-bond donors (Lipinski definition) is 3. The van der Waals surface area contributed by atoms with Crippen molar-refractivity contribution in [3.8, 4) is 0 Å². The third kappa shape index (κ3) is 5.79. The number of hydrogen-bond acceptors (Lipinski definition) is 6. The van der Waals surface area contributed by atoms with Gasteiger partial charge in [0, 0.05) is 16.7 Å². The molecule has 168 valence electrons. The van der Waals surface area contributed by atoms with Crippen LogP contribution in [-0.4, -0.2) is 17.7 Å². The molecule has 0 aliphatic rings. The highest BCUT2D eigenvalue weighted by Gasteiger charge is 2.17. The maximum Gasteiger partial charge on any atom is 0.251 e. The highest BCUT2D eigenvalue weighted by atomic mass is 16.3. The molecule has 3 heterocycles. The van der Waals surface area contributed by atoms with E-state index < -0.39 is 17.7 Å². The van der Waals surface area contributed by atoms with Crippen LogP contribution < -0.4 is 16.0 Å². The lowest BCUT2D eigenvalue weighted by Gasteiger charge is -2.11. The summed E-state index contributed by atoms with van der Waals surface area (Å²) < 4.78 is 15.7. The summed E-state index contributed by atoms with van der Waals surface area (Å²) >= 11 is 0. The first-order valence-electron chi connectivity index (χ1n) is 10.2. The number of carbonyl (C=O) groups is 3. The molecule has 0 aliphatic heterocycles. The lowest BCUT2D eigenvalue weighted by atomic mass is 10.0. The van der Waals surface area contributed by atoms with Gasteiger partial charge in [-0.25, -0.2) is 0 Å². The minimum absolute atomic E-state index is 0.162. The van der Waals surface area contributed by atoms with Crippen molar-refractivity contribution in [3.63, 3.8) is 0 Å². The second kappa shape index (κ2) is 10.2. The molecule has 0 saturated heterocycles. The zero-order chi connectivity index (χ0) is 23.0. The second-order valence-electron chi connectivity index (χ2n) is 7.09. The summed E-state index contributed by atoms with van der Waals surface area (Å²) in [5, 5.41) is 8.15. The summed E-state index contributed by atoms with van der Waals surface area (Å²) in [4.78, 5) is 38.2. The van der Waals surface area contributed by atoms with Crippen molar-refractivity contribution < 1.29 is 27.6 Å². The highest BCUT2D eigenvalue weighted by Crippen LogP contribution is 2.13. The molecule has 33 heavy (non-hydrogen) atoms. The number of amides is 3. The minimum atomic E-state index is -0.452. The zero-order valence-electron chi connectivity index (χ0n) is 17.5. The topological polar surface area (TPSA) is 127 Å². The van der Waals surface area contributed by atoms with E-state index in [1.165, 1.54) is 37.0 Å². The van der Waals surface area contributed by atoms with Crippen molar-refractivity contribution in [2.75, 3.05) is 0 Å². The molecule has 3 N–H and O–H groups in total. The minimum Gasteiger partial charge on any atom is -0.467 e. The SMILES string of the molecule is O=C(NCc1ccco1)c1cc(C(=O)NCc2ccco2)cc(C(=O)NCc2ccco2)c1. The summed E-state index contributed by atoms with van der Waals surface area (Å²) in [5.74, 6) is 0.373. The van der Waals surface area contributed by atoms with E-state index in [1.54, 1.807) is 36.4 Å². The van der Waals surface area contributed by atoms with E-state index in [9.17, 15) is 14.4 Å². The van der Waals surface area contributed by atoms with Crippen LogP contribution in [0.2, 0.25) is 0 Å². The van der Waals surface area contributed by atoms with E-state index in [1.807, 2.05) is 0 Å². The van der Waals surface area contributed by atoms with Crippen LogP contribution in [0, 0.1) is 0 Å². The first-order valence-corrected chi connectivity index (χ1v) is 10.2. The Labute approximate surface area is 188 Å². The van der Waals surface area contributed by atoms with Crippen LogP contribution in [0.4, 0.5) is 0 Å². The van der Waals surface area contributed by atoms with Gasteiger partial charge in [0.1, 0.15) is 17.3 Å². The van der Waals surface area contributed by atoms with Gasteiger partial charge in [0.05, 0.1) is 38.4 Å². The highest BCUT2D eigenvalue weighted by molar-refractivity contribution is 6.04. The average molecular weight is 447 g/mol. The first kappa shape index (κ1) is 21.7. The van der Waals surface area contributed by atoms with Crippen LogP contribution >= 0.6 is 0 Å². The zero-order valence-corrected chi connectivity index (χ0v) is 17.5. The smallest absolute Gasteiger partial charge is 0.251 e. The Bertz CT molecular complexity index is 1050. The molecular formula is C24H21N3O6. The quantitative estimate of drug-likeness (QED) is 0.362. The van der Waals surface area contributed by atoms with Gasteiger partial charge >= 0.3 is 0 Å². The molecule has 0 radical (unpaired) electrons. The van der Waals surface area contributed by atoms with Crippen LogP contribution in [0.5, 0.6) is 0 Å². The average Bonchev–Trinajstić information content (AvgIpc) is 3.63. The maximum atomic E-state index is 12.7. The molecule has 0 unspecified atom stereocenters. The van der Waals surface area contributed by atoms with Gasteiger partial charge in [0.25, 0.3) is 17.7 Å². The summed E-state index contributed by atoms with van der Waals surface area (Å²) in [5.41, 5.74) is 0.487. The predicted octanol–water partition coefficient (Wildman–Crippen LogP) is 3.26. The van der Waals surface area contributed by atoms with Crippen molar-refractivity contribution in [2.24, 2.45) is 0 Å². The summed E-state index contributed by atoms with van der Waals surface area (Å²) in [6.45, 7) is 0.502. The van der Waals surface area contributed by atoms with E-state index in [4.69, 9.17) is 13.3 Å². The molecule has 9 nitrogen and oxygen atoms in total. The normalized spacial score (nSPS) is 10.5. The fourth-order valence-electron chi connectivity index (χ4n) is 3.07. The fourth-order valence-corrected chi connectivity index (χ4v) is 3.07. The third-order valence-corrected chi connectivity index (χ3v) is 4.73. The number of carbonyl (C=O) groups excluding carboxylic acids is 3. The van der Waals surface area contributed by atoms with E-state index in [-0.39, 0.29) is 36.3 Å². The van der Waals surface area contributed by atoms with Crippen molar-refractivity contribution in [2.45, 2.75) is 19.6 Å². The Kier molecular flexibility index (Phi) is 6.70. The second-order valence-corrected chi connectivity index (χ2v) is 7.09. The molecule has 9 heteroatoms. The van der Waals surface area contributed by atoms with E-state index in [0.29, 0.717) is 17.3 Å². The number of furan rings is 3. The molecule has 0 aliphatic carbocycles. The summed E-state index contributed by atoms with van der Waals surface area (Å²) in [6, 6.07) is 14.6. The predicted molar refractivity (Wildman–Crippen MR) is 116 cm³/mol. The number of nitrogens with one attached hydrogen (secondary N) is 3. The fraction of sp³-hybridized carbons (Fsp3) is 0.125. The molecule has 0 spiro atoms. The molecule has 4 aromatic rings. The summed E-state index contributed by atoms with van der Waals surface area (Å²) in [6.07, 6.45) is 4.52. The van der Waals surface area contributed by atoms with Crippen molar-refractivity contribution in [1.82, 2.24) is 16.0 Å². The Morgan fingerprint density at radius 1 is 0.545 bits per heavy atom. The molecular weight excluding hydrogens is 426 g/mol. The van der Waals surface area contributed by atoms with Gasteiger partial charge < -0.3 is 29.2 Å². The maximum absolute atomic E-state index is 12.7. The monoisotopic (exact) mass is 447 g/mol. The third-order valence-electron chi connectivity index (χ3n) is 4.73. The lowest BCUT2D eigenvalue weighted by molar-refractivity contribution is 0.0947. The Hall–Kier alpha value is -4.53. The first-order chi connectivity index (χ1) is 16.1. The van der Waals surface area contributed by atoms with Gasteiger partial charge in [0.15, 0.2) is 0 Å². The largest absolute Gasteiger partial charge is 0.467 e. The molecule has 0 saturated carbocycles. The Balaban J connectivity index is 1.52. The molecule has 1 aromatic carbocycles. The van der Waals surface area contributed by atoms with Crippen LogP contribution in [0.25, 0.3) is 0 Å².